The number of aliphatic imine (C=N–C) groups is 2. The van der Waals surface area contributed by atoms with Crippen molar-refractivity contribution in [1.29, 1.82) is 0 Å². The lowest BCUT2D eigenvalue weighted by molar-refractivity contribution is 0.204. The lowest BCUT2D eigenvalue weighted by atomic mass is 10.1. The molecule has 7 heteroatoms. The number of hydrogen-bond donors (Lipinski definition) is 1. The highest BCUT2D eigenvalue weighted by atomic mass is 16.5. The van der Waals surface area contributed by atoms with Gasteiger partial charge in [-0.1, -0.05) is 0 Å². The molecule has 0 aromatic carbocycles. The van der Waals surface area contributed by atoms with Gasteiger partial charge >= 0.3 is 0 Å². The summed E-state index contributed by atoms with van der Waals surface area (Å²) in [6, 6.07) is 0.199. The van der Waals surface area contributed by atoms with Gasteiger partial charge in [-0.3, -0.25) is 9.67 Å². The normalized spacial score (nSPS) is 20.7. The molecule has 7 nitrogen and oxygen atoms in total. The van der Waals surface area contributed by atoms with Crippen LogP contribution in [0.5, 0.6) is 0 Å². The van der Waals surface area contributed by atoms with Crippen molar-refractivity contribution in [1.82, 2.24) is 20.0 Å². The van der Waals surface area contributed by atoms with Crippen molar-refractivity contribution < 1.29 is 4.74 Å². The van der Waals surface area contributed by atoms with E-state index in [1.54, 1.807) is 13.3 Å². The van der Waals surface area contributed by atoms with Gasteiger partial charge in [-0.2, -0.15) is 5.10 Å². The quantitative estimate of drug-likeness (QED) is 0.802. The van der Waals surface area contributed by atoms with Crippen molar-refractivity contribution in [2.45, 2.75) is 6.04 Å². The van der Waals surface area contributed by atoms with Crippen LogP contribution in [0, 0.1) is 0 Å². The molecule has 0 spiro atoms. The number of ether oxygens (including phenoxy) is 1. The molecule has 3 rings (SSSR count). The summed E-state index contributed by atoms with van der Waals surface area (Å²) in [5, 5.41) is 7.48. The SMILES string of the molecule is COCCNC1=NC=CN2C1=NCC2c1cnn(C)c1. The minimum absolute atomic E-state index is 0.199. The van der Waals surface area contributed by atoms with Gasteiger partial charge in [0.1, 0.15) is 0 Å². The molecule has 1 aromatic heterocycles. The minimum Gasteiger partial charge on any atom is -0.383 e. The summed E-state index contributed by atoms with van der Waals surface area (Å²) in [5.41, 5.74) is 1.16. The molecule has 1 aromatic rings. The van der Waals surface area contributed by atoms with Gasteiger partial charge in [-0.25, -0.2) is 4.99 Å². The van der Waals surface area contributed by atoms with Crippen LogP contribution in [0.3, 0.4) is 0 Å². The van der Waals surface area contributed by atoms with E-state index in [0.29, 0.717) is 13.2 Å². The molecular formula is C13H18N6O. The lowest BCUT2D eigenvalue weighted by Gasteiger charge is -2.26. The fourth-order valence-corrected chi connectivity index (χ4v) is 2.37. The Labute approximate surface area is 117 Å². The van der Waals surface area contributed by atoms with Crippen LogP contribution in [0.25, 0.3) is 0 Å². The number of methoxy groups -OCH3 is 1. The molecule has 2 aliphatic rings. The summed E-state index contributed by atoms with van der Waals surface area (Å²) in [6.45, 7) is 2.08. The molecule has 3 heterocycles. The third-order valence-corrected chi connectivity index (χ3v) is 3.35. The van der Waals surface area contributed by atoms with Crippen molar-refractivity contribution in [3.05, 3.63) is 30.4 Å². The monoisotopic (exact) mass is 274 g/mol. The van der Waals surface area contributed by atoms with Crippen LogP contribution in [0.4, 0.5) is 0 Å². The predicted octanol–water partition coefficient (Wildman–Crippen LogP) is 0.295. The van der Waals surface area contributed by atoms with Crippen molar-refractivity contribution in [3.63, 3.8) is 0 Å². The van der Waals surface area contributed by atoms with E-state index in [1.165, 1.54) is 0 Å². The van der Waals surface area contributed by atoms with E-state index in [1.807, 2.05) is 30.3 Å². The molecule has 0 saturated carbocycles. The summed E-state index contributed by atoms with van der Waals surface area (Å²) in [4.78, 5) is 11.1. The molecule has 0 aliphatic carbocycles. The number of hydrogen-bond acceptors (Lipinski definition) is 6. The van der Waals surface area contributed by atoms with E-state index >= 15 is 0 Å². The third kappa shape index (κ3) is 2.32. The van der Waals surface area contributed by atoms with E-state index in [4.69, 9.17) is 4.74 Å². The Bertz CT molecular complexity index is 573. The maximum absolute atomic E-state index is 5.04. The third-order valence-electron chi connectivity index (χ3n) is 3.35. The smallest absolute Gasteiger partial charge is 0.171 e. The highest BCUT2D eigenvalue weighted by molar-refractivity contribution is 6.41. The maximum Gasteiger partial charge on any atom is 0.171 e. The molecule has 1 unspecified atom stereocenters. The van der Waals surface area contributed by atoms with Gasteiger partial charge in [-0.15, -0.1) is 0 Å². The van der Waals surface area contributed by atoms with Gasteiger partial charge < -0.3 is 15.0 Å². The van der Waals surface area contributed by atoms with Gasteiger partial charge in [0.15, 0.2) is 11.7 Å². The molecule has 106 valence electrons. The molecule has 2 aliphatic heterocycles. The van der Waals surface area contributed by atoms with E-state index < -0.39 is 0 Å². The lowest BCUT2D eigenvalue weighted by Crippen LogP contribution is -2.42. The summed E-state index contributed by atoms with van der Waals surface area (Å²) >= 11 is 0. The Morgan fingerprint density at radius 3 is 3.15 bits per heavy atom. The molecule has 20 heavy (non-hydrogen) atoms. The summed E-state index contributed by atoms with van der Waals surface area (Å²) < 4.78 is 6.85. The first-order valence-corrected chi connectivity index (χ1v) is 6.58. The Balaban J connectivity index is 1.73. The number of rotatable bonds is 4. The zero-order valence-corrected chi connectivity index (χ0v) is 11.7. The topological polar surface area (TPSA) is 67.0 Å². The summed E-state index contributed by atoms with van der Waals surface area (Å²) in [5.74, 6) is 1.69. The number of nitrogens with one attached hydrogen (secondary N) is 1. The van der Waals surface area contributed by atoms with Crippen LogP contribution >= 0.6 is 0 Å². The first kappa shape index (κ1) is 12.9. The van der Waals surface area contributed by atoms with Crippen LogP contribution in [-0.4, -0.2) is 53.2 Å². The Kier molecular flexibility index (Phi) is 3.51. The number of aryl methyl sites for hydroxylation is 1. The van der Waals surface area contributed by atoms with Gasteiger partial charge in [0.25, 0.3) is 0 Å². The fourth-order valence-electron chi connectivity index (χ4n) is 2.37. The van der Waals surface area contributed by atoms with Crippen molar-refractivity contribution in [2.75, 3.05) is 26.8 Å². The number of amidine groups is 2. The van der Waals surface area contributed by atoms with E-state index in [2.05, 4.69) is 25.3 Å². The van der Waals surface area contributed by atoms with E-state index in [-0.39, 0.29) is 6.04 Å². The molecule has 0 radical (unpaired) electrons. The largest absolute Gasteiger partial charge is 0.383 e. The fraction of sp³-hybridized carbons (Fsp3) is 0.462. The second-order valence-electron chi connectivity index (χ2n) is 4.73. The average Bonchev–Trinajstić information content (AvgIpc) is 3.05. The molecule has 1 N–H and O–H groups in total. The first-order valence-electron chi connectivity index (χ1n) is 6.58. The molecule has 0 fully saturated rings. The van der Waals surface area contributed by atoms with Crippen LogP contribution in [-0.2, 0) is 11.8 Å². The Hall–Kier alpha value is -2.15. The van der Waals surface area contributed by atoms with Crippen molar-refractivity contribution >= 4 is 11.7 Å². The summed E-state index contributed by atoms with van der Waals surface area (Å²) in [6.07, 6.45) is 7.68. The standard InChI is InChI=1S/C13H18N6O/c1-18-9-10(7-17-18)11-8-16-13-12(15-4-6-20-2)14-3-5-19(11)13/h3,5,7,9,11H,4,6,8H2,1-2H3,(H,14,15). The Morgan fingerprint density at radius 1 is 1.50 bits per heavy atom. The molecule has 0 saturated heterocycles. The zero-order chi connectivity index (χ0) is 13.9. The van der Waals surface area contributed by atoms with Crippen molar-refractivity contribution in [2.24, 2.45) is 17.0 Å². The predicted molar refractivity (Wildman–Crippen MR) is 76.5 cm³/mol. The second kappa shape index (κ2) is 5.46. The van der Waals surface area contributed by atoms with Crippen LogP contribution in [0.2, 0.25) is 0 Å². The molecule has 0 bridgehead atoms. The van der Waals surface area contributed by atoms with Crippen LogP contribution in [0.1, 0.15) is 11.6 Å². The summed E-state index contributed by atoms with van der Waals surface area (Å²) in [7, 11) is 3.60. The van der Waals surface area contributed by atoms with Gasteiger partial charge in [-0.05, 0) is 0 Å². The minimum atomic E-state index is 0.199. The number of fused-ring (bicyclic) bond motifs is 1. The van der Waals surface area contributed by atoms with Gasteiger partial charge in [0.05, 0.1) is 25.4 Å². The van der Waals surface area contributed by atoms with Crippen LogP contribution < -0.4 is 5.32 Å². The number of nitrogens with zero attached hydrogens (tertiary/aromatic N) is 5. The molecule has 1 atom stereocenters. The van der Waals surface area contributed by atoms with Crippen molar-refractivity contribution in [3.8, 4) is 0 Å². The highest BCUT2D eigenvalue weighted by Gasteiger charge is 2.32. The average molecular weight is 274 g/mol. The van der Waals surface area contributed by atoms with E-state index in [0.717, 1.165) is 23.8 Å². The van der Waals surface area contributed by atoms with Gasteiger partial charge in [0, 0.05) is 44.9 Å². The van der Waals surface area contributed by atoms with Gasteiger partial charge in [0.2, 0.25) is 0 Å². The highest BCUT2D eigenvalue weighted by Crippen LogP contribution is 2.28. The van der Waals surface area contributed by atoms with E-state index in [9.17, 15) is 0 Å². The molecule has 0 amide bonds. The molecular weight excluding hydrogens is 256 g/mol. The Morgan fingerprint density at radius 2 is 2.40 bits per heavy atom. The van der Waals surface area contributed by atoms with Crippen LogP contribution in [0.15, 0.2) is 34.8 Å². The number of aromatic nitrogens is 2. The maximum atomic E-state index is 5.04. The first-order chi connectivity index (χ1) is 9.79. The second-order valence-corrected chi connectivity index (χ2v) is 4.73. The zero-order valence-electron chi connectivity index (χ0n) is 11.7.